The summed E-state index contributed by atoms with van der Waals surface area (Å²) in [4.78, 5) is 11.5. The smallest absolute Gasteiger partial charge is 0.387 e. The number of fused-ring (bicyclic) bond motifs is 1. The third-order valence-electron chi connectivity index (χ3n) is 3.89. The van der Waals surface area contributed by atoms with Gasteiger partial charge in [0.25, 0.3) is 0 Å². The van der Waals surface area contributed by atoms with Gasteiger partial charge in [-0.1, -0.05) is 0 Å². The molecule has 0 unspecified atom stereocenters. The number of hydrogen-bond donors (Lipinski definition) is 1. The van der Waals surface area contributed by atoms with Gasteiger partial charge in [0.15, 0.2) is 5.75 Å². The van der Waals surface area contributed by atoms with E-state index in [-0.39, 0.29) is 16.7 Å². The van der Waals surface area contributed by atoms with Gasteiger partial charge in [-0.2, -0.15) is 13.8 Å². The van der Waals surface area contributed by atoms with E-state index in [0.29, 0.717) is 22.5 Å². The Bertz CT molecular complexity index is 933. The lowest BCUT2D eigenvalue weighted by Gasteiger charge is -2.13. The van der Waals surface area contributed by atoms with Crippen molar-refractivity contribution in [2.75, 3.05) is 7.11 Å². The summed E-state index contributed by atoms with van der Waals surface area (Å²) < 4.78 is 47.0. The molecule has 1 atom stereocenters. The van der Waals surface area contributed by atoms with Crippen LogP contribution in [-0.2, 0) is 16.9 Å². The van der Waals surface area contributed by atoms with E-state index in [0.717, 1.165) is 11.1 Å². The fourth-order valence-electron chi connectivity index (χ4n) is 2.66. The Morgan fingerprint density at radius 3 is 2.77 bits per heavy atom. The highest BCUT2D eigenvalue weighted by atomic mass is 32.2. The molecule has 138 valence electrons. The van der Waals surface area contributed by atoms with Crippen LogP contribution in [0.4, 0.5) is 8.78 Å². The number of alkyl halides is 2. The number of aryl methyl sites for hydroxylation is 1. The molecular formula is C17H17F2N3O3S. The van der Waals surface area contributed by atoms with Crippen LogP contribution in [0.1, 0.15) is 16.8 Å². The van der Waals surface area contributed by atoms with Crippen molar-refractivity contribution in [1.82, 2.24) is 15.0 Å². The van der Waals surface area contributed by atoms with E-state index in [2.05, 4.69) is 19.7 Å². The predicted octanol–water partition coefficient (Wildman–Crippen LogP) is 3.49. The molecule has 2 aromatic heterocycles. The average molecular weight is 381 g/mol. The zero-order valence-electron chi connectivity index (χ0n) is 14.4. The number of aromatic nitrogens is 3. The minimum atomic E-state index is -2.91. The van der Waals surface area contributed by atoms with Gasteiger partial charge in [-0.15, -0.1) is 0 Å². The van der Waals surface area contributed by atoms with Crippen LogP contribution in [0, 0.1) is 13.8 Å². The standard InChI is InChI=1S/C17H17F2N3O3S/c1-9-7-20-14(10(2)15(9)24-3)8-26(23)17-21-12-5-4-11(25-16(18)19)6-13(12)22-17/h4-7,16H,8H2,1-3H3,(H,21,22)/t26-/m0/s1. The summed E-state index contributed by atoms with van der Waals surface area (Å²) in [7, 11) is 1.58. The van der Waals surface area contributed by atoms with Crippen LogP contribution in [0.25, 0.3) is 11.0 Å². The van der Waals surface area contributed by atoms with E-state index in [4.69, 9.17) is 4.74 Å². The van der Waals surface area contributed by atoms with Gasteiger partial charge in [0.2, 0.25) is 0 Å². The van der Waals surface area contributed by atoms with E-state index in [1.165, 1.54) is 12.1 Å². The normalized spacial score (nSPS) is 12.6. The molecule has 3 rings (SSSR count). The van der Waals surface area contributed by atoms with Gasteiger partial charge in [0.05, 0.1) is 23.8 Å². The number of nitrogens with zero attached hydrogens (tertiary/aromatic N) is 2. The van der Waals surface area contributed by atoms with Crippen molar-refractivity contribution in [3.8, 4) is 11.5 Å². The molecule has 0 aliphatic rings. The number of methoxy groups -OCH3 is 1. The molecular weight excluding hydrogens is 364 g/mol. The van der Waals surface area contributed by atoms with Crippen LogP contribution >= 0.6 is 0 Å². The van der Waals surface area contributed by atoms with Crippen molar-refractivity contribution in [2.24, 2.45) is 0 Å². The van der Waals surface area contributed by atoms with Gasteiger partial charge < -0.3 is 14.0 Å². The lowest BCUT2D eigenvalue weighted by atomic mass is 10.1. The van der Waals surface area contributed by atoms with Gasteiger partial charge in [0, 0.05) is 34.6 Å². The molecule has 0 saturated carbocycles. The number of hydrogen-bond acceptors (Lipinski definition) is 5. The van der Waals surface area contributed by atoms with Crippen LogP contribution < -0.4 is 9.47 Å². The molecule has 0 amide bonds. The Morgan fingerprint density at radius 2 is 2.08 bits per heavy atom. The fraction of sp³-hybridized carbons (Fsp3) is 0.294. The van der Waals surface area contributed by atoms with Crippen molar-refractivity contribution in [1.29, 1.82) is 0 Å². The number of ether oxygens (including phenoxy) is 2. The topological polar surface area (TPSA) is 83.1 Å². The van der Waals surface area contributed by atoms with Crippen molar-refractivity contribution < 1.29 is 22.8 Å². The number of pyridine rings is 1. The van der Waals surface area contributed by atoms with Crippen LogP contribution in [0.15, 0.2) is 29.6 Å². The first kappa shape index (κ1) is 18.4. The zero-order valence-corrected chi connectivity index (χ0v) is 15.2. The number of imidazole rings is 1. The summed E-state index contributed by atoms with van der Waals surface area (Å²) >= 11 is -1.49. The van der Waals surface area contributed by atoms with Crippen LogP contribution in [0.2, 0.25) is 0 Å². The van der Waals surface area contributed by atoms with Gasteiger partial charge in [-0.3, -0.25) is 9.97 Å². The van der Waals surface area contributed by atoms with E-state index in [1.54, 1.807) is 19.4 Å². The lowest BCUT2D eigenvalue weighted by Crippen LogP contribution is -2.10. The predicted molar refractivity (Wildman–Crippen MR) is 93.1 cm³/mol. The van der Waals surface area contributed by atoms with Crippen molar-refractivity contribution in [3.63, 3.8) is 0 Å². The third kappa shape index (κ3) is 3.73. The second kappa shape index (κ2) is 7.46. The quantitative estimate of drug-likeness (QED) is 0.661. The van der Waals surface area contributed by atoms with Gasteiger partial charge in [-0.25, -0.2) is 0 Å². The number of H-pyrrole nitrogens is 1. The SMILES string of the molecule is COc1c(C)cnc(C[S@+]([O-])c2nc3cc(OC(F)F)ccc3[nH]2)c1C. The molecule has 0 aliphatic carbocycles. The second-order valence-corrected chi connectivity index (χ2v) is 7.00. The van der Waals surface area contributed by atoms with E-state index in [9.17, 15) is 13.3 Å². The Labute approximate surface area is 151 Å². The molecule has 1 N–H and O–H groups in total. The van der Waals surface area contributed by atoms with Crippen molar-refractivity contribution in [2.45, 2.75) is 31.4 Å². The van der Waals surface area contributed by atoms with E-state index >= 15 is 0 Å². The minimum Gasteiger partial charge on any atom is -0.609 e. The largest absolute Gasteiger partial charge is 0.609 e. The molecule has 0 fully saturated rings. The maximum atomic E-state index is 12.7. The van der Waals surface area contributed by atoms with Gasteiger partial charge in [0.1, 0.15) is 11.5 Å². The zero-order chi connectivity index (χ0) is 18.8. The van der Waals surface area contributed by atoms with E-state index in [1.807, 2.05) is 13.8 Å². The molecule has 0 aliphatic heterocycles. The number of rotatable bonds is 6. The van der Waals surface area contributed by atoms with Crippen LogP contribution in [0.3, 0.4) is 0 Å². The van der Waals surface area contributed by atoms with Crippen LogP contribution in [0.5, 0.6) is 11.5 Å². The Hall–Kier alpha value is -2.39. The molecule has 0 bridgehead atoms. The highest BCUT2D eigenvalue weighted by Crippen LogP contribution is 2.27. The molecule has 6 nitrogen and oxygen atoms in total. The third-order valence-corrected chi connectivity index (χ3v) is 5.05. The maximum absolute atomic E-state index is 12.7. The van der Waals surface area contributed by atoms with Gasteiger partial charge in [-0.05, 0) is 26.0 Å². The Kier molecular flexibility index (Phi) is 5.28. The Morgan fingerprint density at radius 1 is 1.31 bits per heavy atom. The maximum Gasteiger partial charge on any atom is 0.387 e. The summed E-state index contributed by atoms with van der Waals surface area (Å²) in [5, 5.41) is 0.245. The van der Waals surface area contributed by atoms with Crippen molar-refractivity contribution in [3.05, 3.63) is 41.2 Å². The highest BCUT2D eigenvalue weighted by Gasteiger charge is 2.21. The number of aromatic amines is 1. The molecule has 0 spiro atoms. The molecule has 3 aromatic rings. The first-order valence-electron chi connectivity index (χ1n) is 7.71. The van der Waals surface area contributed by atoms with Crippen LogP contribution in [-0.4, -0.2) is 33.2 Å². The first-order valence-corrected chi connectivity index (χ1v) is 9.03. The molecule has 0 saturated heterocycles. The summed E-state index contributed by atoms with van der Waals surface area (Å²) in [6.45, 7) is 0.834. The molecule has 2 heterocycles. The minimum absolute atomic E-state index is 0.00267. The van der Waals surface area contributed by atoms with Crippen molar-refractivity contribution >= 4 is 22.2 Å². The highest BCUT2D eigenvalue weighted by molar-refractivity contribution is 7.90. The molecule has 9 heteroatoms. The lowest BCUT2D eigenvalue weighted by molar-refractivity contribution is -0.0497. The monoisotopic (exact) mass is 381 g/mol. The summed E-state index contributed by atoms with van der Waals surface area (Å²) in [6.07, 6.45) is 1.67. The molecule has 0 radical (unpaired) electrons. The summed E-state index contributed by atoms with van der Waals surface area (Å²) in [5.41, 5.74) is 3.35. The first-order chi connectivity index (χ1) is 12.4. The fourth-order valence-corrected chi connectivity index (χ4v) is 3.76. The van der Waals surface area contributed by atoms with E-state index < -0.39 is 17.8 Å². The average Bonchev–Trinajstić information content (AvgIpc) is 3.01. The summed E-state index contributed by atoms with van der Waals surface area (Å²) in [6, 6.07) is 4.33. The Balaban J connectivity index is 1.85. The second-order valence-electron chi connectivity index (χ2n) is 5.64. The van der Waals surface area contributed by atoms with Gasteiger partial charge >= 0.3 is 11.8 Å². The number of nitrogens with one attached hydrogen (secondary N) is 1. The number of halogens is 2. The number of benzene rings is 1. The molecule has 26 heavy (non-hydrogen) atoms. The summed E-state index contributed by atoms with van der Waals surface area (Å²) in [5.74, 6) is 0.866. The molecule has 1 aromatic carbocycles.